The van der Waals surface area contributed by atoms with Crippen LogP contribution in [0.1, 0.15) is 32.3 Å². The highest BCUT2D eigenvalue weighted by Crippen LogP contribution is 2.58. The molecule has 0 amide bonds. The summed E-state index contributed by atoms with van der Waals surface area (Å²) in [6.07, 6.45) is 1.14. The van der Waals surface area contributed by atoms with Gasteiger partial charge in [-0.15, -0.1) is 0 Å². The van der Waals surface area contributed by atoms with Crippen LogP contribution in [0.4, 0.5) is 0 Å². The van der Waals surface area contributed by atoms with Crippen molar-refractivity contribution in [2.75, 3.05) is 0 Å². The van der Waals surface area contributed by atoms with Crippen molar-refractivity contribution in [3.05, 3.63) is 33.8 Å². The van der Waals surface area contributed by atoms with E-state index in [0.29, 0.717) is 28.5 Å². The molecule has 1 aromatic carbocycles. The van der Waals surface area contributed by atoms with Crippen molar-refractivity contribution < 1.29 is 9.90 Å². The summed E-state index contributed by atoms with van der Waals surface area (Å²) < 4.78 is 0. The predicted octanol–water partition coefficient (Wildman–Crippen LogP) is 4.14. The Morgan fingerprint density at radius 3 is 2.06 bits per heavy atom. The van der Waals surface area contributed by atoms with Gasteiger partial charge in [-0.05, 0) is 30.4 Å². The third-order valence-electron chi connectivity index (χ3n) is 3.41. The Hall–Kier alpha value is -0.730. The van der Waals surface area contributed by atoms with Crippen molar-refractivity contribution >= 4 is 29.2 Å². The predicted molar refractivity (Wildman–Crippen MR) is 68.8 cm³/mol. The summed E-state index contributed by atoms with van der Waals surface area (Å²) >= 11 is 12.2. The fourth-order valence-corrected chi connectivity index (χ4v) is 3.73. The quantitative estimate of drug-likeness (QED) is 0.879. The van der Waals surface area contributed by atoms with E-state index in [1.165, 1.54) is 0 Å². The highest BCUT2D eigenvalue weighted by atomic mass is 35.5. The molecule has 0 unspecified atom stereocenters. The summed E-state index contributed by atoms with van der Waals surface area (Å²) in [6, 6.07) is 5.12. The third kappa shape index (κ3) is 1.94. The van der Waals surface area contributed by atoms with E-state index >= 15 is 0 Å². The number of halogens is 2. The van der Waals surface area contributed by atoms with E-state index in [4.69, 9.17) is 23.2 Å². The maximum atomic E-state index is 11.6. The first-order valence-corrected chi connectivity index (χ1v) is 6.22. The summed E-state index contributed by atoms with van der Waals surface area (Å²) in [5.74, 6) is -0.841. The first-order valence-electron chi connectivity index (χ1n) is 5.46. The van der Waals surface area contributed by atoms with Crippen molar-refractivity contribution in [1.82, 2.24) is 0 Å². The molecule has 1 aromatic rings. The number of rotatable bonds is 2. The Labute approximate surface area is 111 Å². The highest BCUT2D eigenvalue weighted by molar-refractivity contribution is 6.36. The smallest absolute Gasteiger partial charge is 0.314 e. The zero-order valence-corrected chi connectivity index (χ0v) is 11.3. The van der Waals surface area contributed by atoms with Crippen LogP contribution in [0.2, 0.25) is 10.0 Å². The maximum absolute atomic E-state index is 11.6. The summed E-state index contributed by atoms with van der Waals surface area (Å²) in [7, 11) is 0. The Morgan fingerprint density at radius 2 is 1.71 bits per heavy atom. The van der Waals surface area contributed by atoms with Gasteiger partial charge < -0.3 is 5.11 Å². The van der Waals surface area contributed by atoms with Gasteiger partial charge in [-0.2, -0.15) is 0 Å². The molecule has 0 spiro atoms. The molecule has 2 nitrogen and oxygen atoms in total. The summed E-state index contributed by atoms with van der Waals surface area (Å²) in [4.78, 5) is 11.6. The molecule has 0 atom stereocenters. The third-order valence-corrected chi connectivity index (χ3v) is 4.04. The van der Waals surface area contributed by atoms with Gasteiger partial charge in [0.25, 0.3) is 0 Å². The number of hydrogen-bond acceptors (Lipinski definition) is 1. The second kappa shape index (κ2) is 3.89. The molecule has 1 aliphatic rings. The van der Waals surface area contributed by atoms with Gasteiger partial charge in [-0.1, -0.05) is 43.1 Å². The minimum Gasteiger partial charge on any atom is -0.481 e. The maximum Gasteiger partial charge on any atom is 0.314 e. The highest BCUT2D eigenvalue weighted by Gasteiger charge is 2.57. The number of aliphatic carboxylic acids is 1. The van der Waals surface area contributed by atoms with E-state index in [9.17, 15) is 9.90 Å². The van der Waals surface area contributed by atoms with Crippen LogP contribution in [0.25, 0.3) is 0 Å². The van der Waals surface area contributed by atoms with Gasteiger partial charge in [0, 0.05) is 15.6 Å². The fourth-order valence-electron chi connectivity index (χ4n) is 2.97. The molecule has 1 N–H and O–H groups in total. The minimum atomic E-state index is -0.918. The molecule has 1 fully saturated rings. The van der Waals surface area contributed by atoms with Gasteiger partial charge in [-0.25, -0.2) is 0 Å². The second-order valence-corrected chi connectivity index (χ2v) is 6.32. The second-order valence-electron chi connectivity index (χ2n) is 5.50. The van der Waals surface area contributed by atoms with Crippen molar-refractivity contribution in [3.8, 4) is 0 Å². The van der Waals surface area contributed by atoms with Gasteiger partial charge in [0.05, 0.1) is 5.41 Å². The van der Waals surface area contributed by atoms with Crippen molar-refractivity contribution in [2.24, 2.45) is 5.41 Å². The number of benzene rings is 1. The van der Waals surface area contributed by atoms with Crippen LogP contribution in [0, 0.1) is 5.41 Å². The molecular formula is C13H14Cl2O2. The Balaban J connectivity index is 2.53. The first kappa shape index (κ1) is 12.7. The molecule has 0 radical (unpaired) electrons. The lowest BCUT2D eigenvalue weighted by Crippen LogP contribution is -2.52. The molecule has 0 saturated heterocycles. The monoisotopic (exact) mass is 272 g/mol. The summed E-state index contributed by atoms with van der Waals surface area (Å²) in [5.41, 5.74) is -0.324. The van der Waals surface area contributed by atoms with E-state index in [2.05, 4.69) is 13.8 Å². The van der Waals surface area contributed by atoms with Gasteiger partial charge in [0.2, 0.25) is 0 Å². The molecule has 0 aliphatic heterocycles. The van der Waals surface area contributed by atoms with Gasteiger partial charge >= 0.3 is 5.97 Å². The number of carbonyl (C=O) groups is 1. The molecule has 1 saturated carbocycles. The van der Waals surface area contributed by atoms with Gasteiger partial charge in [0.15, 0.2) is 0 Å². The van der Waals surface area contributed by atoms with E-state index in [0.717, 1.165) is 0 Å². The van der Waals surface area contributed by atoms with Crippen LogP contribution in [0.5, 0.6) is 0 Å². The van der Waals surface area contributed by atoms with Gasteiger partial charge in [-0.3, -0.25) is 4.79 Å². The molecular weight excluding hydrogens is 259 g/mol. The molecule has 0 aromatic heterocycles. The molecule has 2 rings (SSSR count). The Kier molecular flexibility index (Phi) is 2.91. The average molecular weight is 273 g/mol. The molecule has 0 bridgehead atoms. The number of hydrogen-bond donors (Lipinski definition) is 1. The zero-order chi connectivity index (χ0) is 12.8. The van der Waals surface area contributed by atoms with E-state index in [-0.39, 0.29) is 5.41 Å². The van der Waals surface area contributed by atoms with Crippen LogP contribution in [0.15, 0.2) is 18.2 Å². The zero-order valence-electron chi connectivity index (χ0n) is 9.76. The van der Waals surface area contributed by atoms with Crippen molar-refractivity contribution in [1.29, 1.82) is 0 Å². The fraction of sp³-hybridized carbons (Fsp3) is 0.462. The summed E-state index contributed by atoms with van der Waals surface area (Å²) in [5, 5.41) is 10.4. The largest absolute Gasteiger partial charge is 0.481 e. The SMILES string of the molecule is CC1(C)CC(C(=O)O)(c2c(Cl)cccc2Cl)C1. The lowest BCUT2D eigenvalue weighted by atomic mass is 9.52. The van der Waals surface area contributed by atoms with Crippen LogP contribution < -0.4 is 0 Å². The molecule has 1 aliphatic carbocycles. The number of carboxylic acid groups (broad SMARTS) is 1. The Morgan fingerprint density at radius 1 is 1.24 bits per heavy atom. The topological polar surface area (TPSA) is 37.3 Å². The standard InChI is InChI=1S/C13H14Cl2O2/c1-12(2)6-13(7-12,11(16)17)10-8(14)4-3-5-9(10)15/h3-5H,6-7H2,1-2H3,(H,16,17). The van der Waals surface area contributed by atoms with Crippen molar-refractivity contribution in [2.45, 2.75) is 32.1 Å². The minimum absolute atomic E-state index is 0.0287. The van der Waals surface area contributed by atoms with Crippen LogP contribution in [-0.2, 0) is 10.2 Å². The summed E-state index contributed by atoms with van der Waals surface area (Å²) in [6.45, 7) is 4.11. The lowest BCUT2D eigenvalue weighted by molar-refractivity contribution is -0.153. The van der Waals surface area contributed by atoms with Gasteiger partial charge in [0.1, 0.15) is 0 Å². The Bertz CT molecular complexity index is 452. The number of carboxylic acids is 1. The van der Waals surface area contributed by atoms with E-state index < -0.39 is 11.4 Å². The average Bonchev–Trinajstić information content (AvgIpc) is 2.13. The first-order chi connectivity index (χ1) is 7.78. The van der Waals surface area contributed by atoms with Crippen LogP contribution in [0.3, 0.4) is 0 Å². The van der Waals surface area contributed by atoms with Crippen LogP contribution in [-0.4, -0.2) is 11.1 Å². The van der Waals surface area contributed by atoms with E-state index in [1.807, 2.05) is 0 Å². The molecule has 92 valence electrons. The normalized spacial score (nSPS) is 20.7. The van der Waals surface area contributed by atoms with Crippen LogP contribution >= 0.6 is 23.2 Å². The molecule has 17 heavy (non-hydrogen) atoms. The van der Waals surface area contributed by atoms with E-state index in [1.54, 1.807) is 18.2 Å². The lowest BCUT2D eigenvalue weighted by Gasteiger charge is -2.51. The molecule has 4 heteroatoms. The molecule has 0 heterocycles. The van der Waals surface area contributed by atoms with Crippen molar-refractivity contribution in [3.63, 3.8) is 0 Å².